The number of fused-ring (bicyclic) bond motifs is 1. The normalized spacial score (nSPS) is 26.5. The monoisotopic (exact) mass is 396 g/mol. The van der Waals surface area contributed by atoms with E-state index in [9.17, 15) is 19.2 Å². The molecule has 1 aromatic carbocycles. The Morgan fingerprint density at radius 2 is 1.93 bits per heavy atom. The van der Waals surface area contributed by atoms with Crippen molar-refractivity contribution < 1.29 is 19.2 Å². The third-order valence-electron chi connectivity index (χ3n) is 6.71. The van der Waals surface area contributed by atoms with Gasteiger partial charge in [0.25, 0.3) is 11.8 Å². The molecule has 0 bridgehead atoms. The Morgan fingerprint density at radius 1 is 1.10 bits per heavy atom. The summed E-state index contributed by atoms with van der Waals surface area (Å²) in [5, 5.41) is 5.87. The van der Waals surface area contributed by atoms with Gasteiger partial charge in [0.2, 0.25) is 11.8 Å². The molecule has 1 atom stereocenters. The Morgan fingerprint density at radius 3 is 2.66 bits per heavy atom. The Hall–Kier alpha value is -2.58. The van der Waals surface area contributed by atoms with Crippen LogP contribution in [-0.4, -0.2) is 64.6 Å². The zero-order valence-corrected chi connectivity index (χ0v) is 16.2. The lowest BCUT2D eigenvalue weighted by Gasteiger charge is -2.49. The highest BCUT2D eigenvalue weighted by atomic mass is 16.2. The number of carbonyl (C=O) groups excluding carboxylic acids is 4. The first-order valence-electron chi connectivity index (χ1n) is 10.3. The quantitative estimate of drug-likeness (QED) is 0.719. The van der Waals surface area contributed by atoms with E-state index in [0.29, 0.717) is 17.7 Å². The number of hydrogen-bond acceptors (Lipinski definition) is 6. The van der Waals surface area contributed by atoms with Crippen LogP contribution in [0, 0.1) is 0 Å². The van der Waals surface area contributed by atoms with Crippen LogP contribution >= 0.6 is 0 Å². The summed E-state index contributed by atoms with van der Waals surface area (Å²) in [5.41, 5.74) is 1.79. The van der Waals surface area contributed by atoms with Crippen LogP contribution in [0.25, 0.3) is 0 Å². The van der Waals surface area contributed by atoms with Crippen LogP contribution in [0.2, 0.25) is 0 Å². The molecule has 3 heterocycles. The van der Waals surface area contributed by atoms with Gasteiger partial charge in [0.1, 0.15) is 6.04 Å². The highest BCUT2D eigenvalue weighted by Crippen LogP contribution is 2.35. The van der Waals surface area contributed by atoms with Crippen LogP contribution < -0.4 is 10.6 Å². The molecular formula is C21H24N4O4. The first-order chi connectivity index (χ1) is 14.0. The summed E-state index contributed by atoms with van der Waals surface area (Å²) in [6.07, 6.45) is 3.90. The van der Waals surface area contributed by atoms with Crippen LogP contribution in [0.4, 0.5) is 0 Å². The first kappa shape index (κ1) is 18.4. The van der Waals surface area contributed by atoms with Gasteiger partial charge in [-0.05, 0) is 37.3 Å². The lowest BCUT2D eigenvalue weighted by atomic mass is 9.75. The molecule has 1 saturated carbocycles. The number of hydrogen-bond donors (Lipinski definition) is 2. The summed E-state index contributed by atoms with van der Waals surface area (Å²) in [6, 6.07) is 4.42. The molecule has 3 aliphatic heterocycles. The van der Waals surface area contributed by atoms with Crippen molar-refractivity contribution in [1.82, 2.24) is 20.4 Å². The Labute approximate surface area is 168 Å². The standard InChI is InChI=1S/C21H24N4O4/c26-16-6-5-15(18(27)23-16)25-19(28)14-4-1-3-13(17(14)20(25)29)11-24-10-9-22-21(12-24)7-2-8-21/h1,3-4,15,22H,2,5-12H2,(H,23,26,27). The fourth-order valence-electron chi connectivity index (χ4n) is 5.07. The van der Waals surface area contributed by atoms with Gasteiger partial charge in [-0.3, -0.25) is 34.3 Å². The van der Waals surface area contributed by atoms with Crippen molar-refractivity contribution in [2.24, 2.45) is 0 Å². The summed E-state index contributed by atoms with van der Waals surface area (Å²) in [4.78, 5) is 53.2. The second-order valence-electron chi connectivity index (χ2n) is 8.56. The SMILES string of the molecule is O=C1CCC(N2C(=O)c3cccc(CN4CCNC5(CCC5)C4)c3C2=O)C(=O)N1. The Kier molecular flexibility index (Phi) is 4.29. The fourth-order valence-corrected chi connectivity index (χ4v) is 5.07. The maximum absolute atomic E-state index is 13.2. The van der Waals surface area contributed by atoms with Crippen LogP contribution in [-0.2, 0) is 16.1 Å². The molecule has 5 rings (SSSR count). The van der Waals surface area contributed by atoms with Crippen LogP contribution in [0.15, 0.2) is 18.2 Å². The molecule has 152 valence electrons. The second-order valence-corrected chi connectivity index (χ2v) is 8.56. The number of piperazine rings is 1. The molecule has 1 aromatic rings. The molecule has 0 aromatic heterocycles. The number of carbonyl (C=O) groups is 4. The van der Waals surface area contributed by atoms with Gasteiger partial charge >= 0.3 is 0 Å². The second kappa shape index (κ2) is 6.74. The Balaban J connectivity index is 1.40. The van der Waals surface area contributed by atoms with E-state index >= 15 is 0 Å². The predicted molar refractivity (Wildman–Crippen MR) is 103 cm³/mol. The lowest BCUT2D eigenvalue weighted by molar-refractivity contribution is -0.136. The molecule has 4 aliphatic rings. The van der Waals surface area contributed by atoms with Crippen molar-refractivity contribution in [3.8, 4) is 0 Å². The van der Waals surface area contributed by atoms with Gasteiger partial charge in [0.15, 0.2) is 0 Å². The van der Waals surface area contributed by atoms with E-state index in [-0.39, 0.29) is 24.3 Å². The van der Waals surface area contributed by atoms with Gasteiger partial charge in [0, 0.05) is 38.1 Å². The van der Waals surface area contributed by atoms with Crippen molar-refractivity contribution in [3.05, 3.63) is 34.9 Å². The molecule has 2 saturated heterocycles. The van der Waals surface area contributed by atoms with Gasteiger partial charge in [0.05, 0.1) is 11.1 Å². The molecule has 1 aliphatic carbocycles. The van der Waals surface area contributed by atoms with Gasteiger partial charge in [-0.1, -0.05) is 12.1 Å². The highest BCUT2D eigenvalue weighted by molar-refractivity contribution is 6.24. The first-order valence-corrected chi connectivity index (χ1v) is 10.3. The zero-order valence-electron chi connectivity index (χ0n) is 16.2. The van der Waals surface area contributed by atoms with E-state index in [4.69, 9.17) is 0 Å². The summed E-state index contributed by atoms with van der Waals surface area (Å²) in [5.74, 6) is -1.82. The minimum atomic E-state index is -0.926. The third kappa shape index (κ3) is 2.98. The number of imide groups is 2. The molecular weight excluding hydrogens is 372 g/mol. The molecule has 3 fully saturated rings. The molecule has 4 amide bonds. The van der Waals surface area contributed by atoms with E-state index < -0.39 is 23.8 Å². The van der Waals surface area contributed by atoms with E-state index in [1.54, 1.807) is 12.1 Å². The molecule has 8 nitrogen and oxygen atoms in total. The van der Waals surface area contributed by atoms with Crippen LogP contribution in [0.1, 0.15) is 58.4 Å². The van der Waals surface area contributed by atoms with E-state index in [2.05, 4.69) is 15.5 Å². The summed E-state index contributed by atoms with van der Waals surface area (Å²) < 4.78 is 0. The summed E-state index contributed by atoms with van der Waals surface area (Å²) in [6.45, 7) is 3.36. The van der Waals surface area contributed by atoms with Gasteiger partial charge in [-0.2, -0.15) is 0 Å². The smallest absolute Gasteiger partial charge is 0.262 e. The number of amides is 4. The maximum atomic E-state index is 13.2. The minimum absolute atomic E-state index is 0.125. The molecule has 0 radical (unpaired) electrons. The van der Waals surface area contributed by atoms with Crippen LogP contribution in [0.5, 0.6) is 0 Å². The molecule has 2 N–H and O–H groups in total. The summed E-state index contributed by atoms with van der Waals surface area (Å²) >= 11 is 0. The van der Waals surface area contributed by atoms with Gasteiger partial charge in [-0.25, -0.2) is 0 Å². The number of nitrogens with one attached hydrogen (secondary N) is 2. The number of benzene rings is 1. The van der Waals surface area contributed by atoms with Crippen molar-refractivity contribution in [2.75, 3.05) is 19.6 Å². The van der Waals surface area contributed by atoms with E-state index in [1.165, 1.54) is 19.3 Å². The van der Waals surface area contributed by atoms with Crippen molar-refractivity contribution >= 4 is 23.6 Å². The summed E-state index contributed by atoms with van der Waals surface area (Å²) in [7, 11) is 0. The number of nitrogens with zero attached hydrogens (tertiary/aromatic N) is 2. The molecule has 29 heavy (non-hydrogen) atoms. The maximum Gasteiger partial charge on any atom is 0.262 e. The van der Waals surface area contributed by atoms with Crippen molar-refractivity contribution in [2.45, 2.75) is 50.2 Å². The average molecular weight is 396 g/mol. The van der Waals surface area contributed by atoms with Gasteiger partial charge in [-0.15, -0.1) is 0 Å². The third-order valence-corrected chi connectivity index (χ3v) is 6.71. The topological polar surface area (TPSA) is 98.8 Å². The van der Waals surface area contributed by atoms with Gasteiger partial charge < -0.3 is 5.32 Å². The van der Waals surface area contributed by atoms with Crippen molar-refractivity contribution in [3.63, 3.8) is 0 Å². The number of rotatable bonds is 3. The lowest BCUT2D eigenvalue weighted by Crippen LogP contribution is -2.63. The highest BCUT2D eigenvalue weighted by Gasteiger charge is 2.46. The predicted octanol–water partition coefficient (Wildman–Crippen LogP) is 0.416. The minimum Gasteiger partial charge on any atom is -0.309 e. The fraction of sp³-hybridized carbons (Fsp3) is 0.524. The Bertz CT molecular complexity index is 923. The zero-order chi connectivity index (χ0) is 20.2. The molecule has 1 unspecified atom stereocenters. The largest absolute Gasteiger partial charge is 0.309 e. The van der Waals surface area contributed by atoms with Crippen LogP contribution in [0.3, 0.4) is 0 Å². The van der Waals surface area contributed by atoms with Crippen molar-refractivity contribution in [1.29, 1.82) is 0 Å². The molecule has 8 heteroatoms. The number of piperidine rings is 1. The van der Waals surface area contributed by atoms with E-state index in [1.807, 2.05) is 6.07 Å². The van der Waals surface area contributed by atoms with E-state index in [0.717, 1.165) is 30.1 Å². The molecule has 1 spiro atoms. The average Bonchev–Trinajstić information content (AvgIpc) is 2.93.